The normalized spacial score (nSPS) is 18.6. The van der Waals surface area contributed by atoms with Gasteiger partial charge in [-0.25, -0.2) is 10.4 Å². The summed E-state index contributed by atoms with van der Waals surface area (Å²) in [6, 6.07) is 0.461. The zero-order chi connectivity index (χ0) is 15.5. The van der Waals surface area contributed by atoms with Gasteiger partial charge >= 0.3 is 0 Å². The number of rotatable bonds is 5. The maximum Gasteiger partial charge on any atom is 0.149 e. The fourth-order valence-corrected chi connectivity index (χ4v) is 3.55. The second-order valence-electron chi connectivity index (χ2n) is 5.81. The number of fused-ring (bicyclic) bond motifs is 1. The molecule has 1 saturated heterocycles. The van der Waals surface area contributed by atoms with Crippen LogP contribution in [0, 0.1) is 0 Å². The molecule has 2 aliphatic rings. The van der Waals surface area contributed by atoms with E-state index in [0.29, 0.717) is 11.9 Å². The van der Waals surface area contributed by atoms with E-state index in [-0.39, 0.29) is 0 Å². The van der Waals surface area contributed by atoms with Crippen LogP contribution in [0.25, 0.3) is 0 Å². The van der Waals surface area contributed by atoms with E-state index < -0.39 is 0 Å². The Morgan fingerprint density at radius 2 is 2.14 bits per heavy atom. The SMILES string of the molecule is CCc1nc2c(c(NC3CCOCC3)c1CCl)CNN2CC. The Morgan fingerprint density at radius 3 is 2.77 bits per heavy atom. The molecule has 3 heterocycles. The predicted molar refractivity (Wildman–Crippen MR) is 90.5 cm³/mol. The third-order valence-corrected chi connectivity index (χ3v) is 4.79. The van der Waals surface area contributed by atoms with Gasteiger partial charge in [0.2, 0.25) is 0 Å². The molecule has 0 spiro atoms. The van der Waals surface area contributed by atoms with E-state index in [0.717, 1.165) is 62.6 Å². The van der Waals surface area contributed by atoms with Crippen molar-refractivity contribution in [2.45, 2.75) is 51.6 Å². The van der Waals surface area contributed by atoms with Crippen molar-refractivity contribution in [2.24, 2.45) is 0 Å². The number of hydrazine groups is 1. The third kappa shape index (κ3) is 2.90. The summed E-state index contributed by atoms with van der Waals surface area (Å²) in [7, 11) is 0. The fourth-order valence-electron chi connectivity index (χ4n) is 3.26. The molecule has 1 aromatic rings. The predicted octanol–water partition coefficient (Wildman–Crippen LogP) is 2.82. The zero-order valence-electron chi connectivity index (χ0n) is 13.4. The van der Waals surface area contributed by atoms with Gasteiger partial charge in [-0.2, -0.15) is 0 Å². The second kappa shape index (κ2) is 7.02. The van der Waals surface area contributed by atoms with Crippen LogP contribution >= 0.6 is 11.6 Å². The van der Waals surface area contributed by atoms with E-state index in [9.17, 15) is 0 Å². The van der Waals surface area contributed by atoms with E-state index in [1.807, 2.05) is 0 Å². The van der Waals surface area contributed by atoms with Crippen LogP contribution in [0.3, 0.4) is 0 Å². The molecule has 122 valence electrons. The summed E-state index contributed by atoms with van der Waals surface area (Å²) in [6.45, 7) is 7.66. The smallest absolute Gasteiger partial charge is 0.149 e. The van der Waals surface area contributed by atoms with Crippen LogP contribution in [0.2, 0.25) is 0 Å². The highest BCUT2D eigenvalue weighted by atomic mass is 35.5. The number of ether oxygens (including phenoxy) is 1. The number of nitrogens with one attached hydrogen (secondary N) is 2. The molecular formula is C16H25ClN4O. The molecule has 6 heteroatoms. The Morgan fingerprint density at radius 1 is 1.36 bits per heavy atom. The highest BCUT2D eigenvalue weighted by Crippen LogP contribution is 2.36. The summed E-state index contributed by atoms with van der Waals surface area (Å²) in [4.78, 5) is 4.86. The lowest BCUT2D eigenvalue weighted by molar-refractivity contribution is 0.0904. The van der Waals surface area contributed by atoms with Gasteiger partial charge in [0.1, 0.15) is 5.82 Å². The molecule has 5 nitrogen and oxygen atoms in total. The lowest BCUT2D eigenvalue weighted by Gasteiger charge is -2.27. The Kier molecular flexibility index (Phi) is 5.06. The minimum Gasteiger partial charge on any atom is -0.381 e. The van der Waals surface area contributed by atoms with Gasteiger partial charge in [0.25, 0.3) is 0 Å². The van der Waals surface area contributed by atoms with Crippen molar-refractivity contribution < 1.29 is 4.74 Å². The monoisotopic (exact) mass is 324 g/mol. The van der Waals surface area contributed by atoms with Crippen molar-refractivity contribution in [3.63, 3.8) is 0 Å². The van der Waals surface area contributed by atoms with Crippen LogP contribution in [-0.4, -0.2) is 30.8 Å². The minimum atomic E-state index is 0.461. The summed E-state index contributed by atoms with van der Waals surface area (Å²) in [5.41, 5.74) is 8.13. The van der Waals surface area contributed by atoms with Crippen LogP contribution in [0.15, 0.2) is 0 Å². The number of nitrogens with zero attached hydrogens (tertiary/aromatic N) is 2. The molecular weight excluding hydrogens is 300 g/mol. The number of aromatic nitrogens is 1. The summed E-state index contributed by atoms with van der Waals surface area (Å²) in [5.74, 6) is 1.56. The van der Waals surface area contributed by atoms with Gasteiger partial charge in [-0.3, -0.25) is 5.01 Å². The molecule has 0 saturated carbocycles. The lowest BCUT2D eigenvalue weighted by atomic mass is 10.0. The topological polar surface area (TPSA) is 49.4 Å². The van der Waals surface area contributed by atoms with E-state index in [4.69, 9.17) is 21.3 Å². The fraction of sp³-hybridized carbons (Fsp3) is 0.688. The van der Waals surface area contributed by atoms with Crippen molar-refractivity contribution in [3.05, 3.63) is 16.8 Å². The van der Waals surface area contributed by atoms with Gasteiger partial charge in [0, 0.05) is 54.9 Å². The highest BCUT2D eigenvalue weighted by molar-refractivity contribution is 6.17. The van der Waals surface area contributed by atoms with Gasteiger partial charge in [-0.05, 0) is 26.2 Å². The number of hydrogen-bond donors (Lipinski definition) is 2. The maximum atomic E-state index is 6.27. The second-order valence-corrected chi connectivity index (χ2v) is 6.08. The molecule has 0 aromatic carbocycles. The molecule has 0 aliphatic carbocycles. The molecule has 0 amide bonds. The number of anilines is 2. The summed E-state index contributed by atoms with van der Waals surface area (Å²) >= 11 is 6.27. The average Bonchev–Trinajstić information content (AvgIpc) is 2.98. The average molecular weight is 325 g/mol. The maximum absolute atomic E-state index is 6.27. The van der Waals surface area contributed by atoms with Crippen molar-refractivity contribution in [3.8, 4) is 0 Å². The van der Waals surface area contributed by atoms with Crippen molar-refractivity contribution in [2.75, 3.05) is 30.1 Å². The first-order valence-electron chi connectivity index (χ1n) is 8.24. The Bertz CT molecular complexity index is 531. The number of halogens is 1. The molecule has 0 radical (unpaired) electrons. The first kappa shape index (κ1) is 15.8. The van der Waals surface area contributed by atoms with Gasteiger partial charge in [0.05, 0.1) is 5.88 Å². The first-order chi connectivity index (χ1) is 10.8. The van der Waals surface area contributed by atoms with E-state index in [2.05, 4.69) is 29.6 Å². The number of alkyl halides is 1. The Balaban J connectivity index is 1.99. The lowest BCUT2D eigenvalue weighted by Crippen LogP contribution is -2.32. The zero-order valence-corrected chi connectivity index (χ0v) is 14.2. The summed E-state index contributed by atoms with van der Waals surface area (Å²) in [5, 5.41) is 5.88. The summed E-state index contributed by atoms with van der Waals surface area (Å²) < 4.78 is 5.47. The number of hydrogen-bond acceptors (Lipinski definition) is 5. The van der Waals surface area contributed by atoms with Crippen LogP contribution in [-0.2, 0) is 23.6 Å². The van der Waals surface area contributed by atoms with Gasteiger partial charge in [-0.15, -0.1) is 11.6 Å². The van der Waals surface area contributed by atoms with E-state index in [1.54, 1.807) is 0 Å². The first-order valence-corrected chi connectivity index (χ1v) is 8.77. The largest absolute Gasteiger partial charge is 0.381 e. The van der Waals surface area contributed by atoms with Crippen LogP contribution in [0.4, 0.5) is 11.5 Å². The molecule has 1 aromatic heterocycles. The van der Waals surface area contributed by atoms with Crippen molar-refractivity contribution in [1.82, 2.24) is 10.4 Å². The van der Waals surface area contributed by atoms with Crippen molar-refractivity contribution in [1.29, 1.82) is 0 Å². The Labute approximate surface area is 137 Å². The standard InChI is InChI=1S/C16H25ClN4O/c1-3-14-12(9-17)15(19-11-5-7-22-8-6-11)13-10-18-21(4-2)16(13)20-14/h11,18H,3-10H2,1-2H3,(H,19,20). The van der Waals surface area contributed by atoms with Gasteiger partial charge in [0.15, 0.2) is 0 Å². The van der Waals surface area contributed by atoms with Gasteiger partial charge in [-0.1, -0.05) is 6.92 Å². The number of pyridine rings is 1. The van der Waals surface area contributed by atoms with Gasteiger partial charge < -0.3 is 10.1 Å². The Hall–Kier alpha value is -1.04. The van der Waals surface area contributed by atoms with E-state index in [1.165, 1.54) is 11.3 Å². The van der Waals surface area contributed by atoms with Crippen LogP contribution < -0.4 is 15.8 Å². The highest BCUT2D eigenvalue weighted by Gasteiger charge is 2.27. The molecule has 2 N–H and O–H groups in total. The molecule has 2 aliphatic heterocycles. The molecule has 0 atom stereocenters. The van der Waals surface area contributed by atoms with Crippen molar-refractivity contribution >= 4 is 23.1 Å². The summed E-state index contributed by atoms with van der Waals surface area (Å²) in [6.07, 6.45) is 2.99. The minimum absolute atomic E-state index is 0.461. The molecule has 0 unspecified atom stereocenters. The number of aryl methyl sites for hydroxylation is 1. The molecule has 0 bridgehead atoms. The quantitative estimate of drug-likeness (QED) is 0.816. The van der Waals surface area contributed by atoms with E-state index >= 15 is 0 Å². The molecule has 3 rings (SSSR count). The molecule has 22 heavy (non-hydrogen) atoms. The van der Waals surface area contributed by atoms with Crippen LogP contribution in [0.5, 0.6) is 0 Å². The van der Waals surface area contributed by atoms with Crippen LogP contribution in [0.1, 0.15) is 43.5 Å². The molecule has 1 fully saturated rings. The third-order valence-electron chi connectivity index (χ3n) is 4.52.